The molecule has 5 nitrogen and oxygen atoms in total. The third kappa shape index (κ3) is 6.00. The average molecular weight is 284 g/mol. The first-order valence-electron chi connectivity index (χ1n) is 6.56. The molecule has 2 amide bonds. The Labute approximate surface area is 119 Å². The van der Waals surface area contributed by atoms with E-state index >= 15 is 0 Å². The molecule has 0 aliphatic rings. The number of thioether (sulfide) groups is 1. The molecule has 1 aromatic rings. The number of amides is 2. The van der Waals surface area contributed by atoms with Crippen molar-refractivity contribution in [2.24, 2.45) is 5.92 Å². The van der Waals surface area contributed by atoms with Crippen molar-refractivity contribution in [2.45, 2.75) is 39.9 Å². The Morgan fingerprint density at radius 2 is 2.21 bits per heavy atom. The molecule has 1 heterocycles. The summed E-state index contributed by atoms with van der Waals surface area (Å²) < 4.78 is 2.08. The summed E-state index contributed by atoms with van der Waals surface area (Å²) in [6, 6.07) is 0.0334. The normalized spacial score (nSPS) is 12.5. The van der Waals surface area contributed by atoms with E-state index < -0.39 is 0 Å². The van der Waals surface area contributed by atoms with Crippen molar-refractivity contribution in [1.82, 2.24) is 20.2 Å². The van der Waals surface area contributed by atoms with Crippen molar-refractivity contribution < 1.29 is 4.79 Å². The van der Waals surface area contributed by atoms with Gasteiger partial charge in [0.05, 0.1) is 6.54 Å². The van der Waals surface area contributed by atoms with Crippen LogP contribution < -0.4 is 10.6 Å². The largest absolute Gasteiger partial charge is 0.335 e. The van der Waals surface area contributed by atoms with Gasteiger partial charge in [0, 0.05) is 30.7 Å². The third-order valence-electron chi connectivity index (χ3n) is 2.56. The van der Waals surface area contributed by atoms with Crippen molar-refractivity contribution in [3.63, 3.8) is 0 Å². The van der Waals surface area contributed by atoms with Crippen molar-refractivity contribution >= 4 is 17.8 Å². The molecule has 0 bridgehead atoms. The molecule has 0 unspecified atom stereocenters. The zero-order valence-electron chi connectivity index (χ0n) is 12.1. The topological polar surface area (TPSA) is 59.0 Å². The molecule has 0 aliphatic heterocycles. The van der Waals surface area contributed by atoms with Gasteiger partial charge >= 0.3 is 6.03 Å². The lowest BCUT2D eigenvalue weighted by Gasteiger charge is -2.14. The summed E-state index contributed by atoms with van der Waals surface area (Å²) in [7, 11) is 0. The number of rotatable bonds is 7. The van der Waals surface area contributed by atoms with E-state index in [0.29, 0.717) is 12.5 Å². The lowest BCUT2D eigenvalue weighted by atomic mass is 10.2. The van der Waals surface area contributed by atoms with Gasteiger partial charge in [-0.1, -0.05) is 13.8 Å². The van der Waals surface area contributed by atoms with Crippen LogP contribution in [0.4, 0.5) is 4.79 Å². The van der Waals surface area contributed by atoms with Gasteiger partial charge in [-0.3, -0.25) is 0 Å². The molecule has 0 radical (unpaired) electrons. The highest BCUT2D eigenvalue weighted by Gasteiger charge is 2.08. The fourth-order valence-electron chi connectivity index (χ4n) is 1.79. The van der Waals surface area contributed by atoms with Gasteiger partial charge in [-0.15, -0.1) is 0 Å². The van der Waals surface area contributed by atoms with Gasteiger partial charge in [0.25, 0.3) is 0 Å². The van der Waals surface area contributed by atoms with Crippen LogP contribution in [0.5, 0.6) is 0 Å². The van der Waals surface area contributed by atoms with Crippen LogP contribution in [0.2, 0.25) is 0 Å². The van der Waals surface area contributed by atoms with Gasteiger partial charge in [-0.25, -0.2) is 9.78 Å². The zero-order valence-corrected chi connectivity index (χ0v) is 13.0. The second-order valence-corrected chi connectivity index (χ2v) is 5.98. The van der Waals surface area contributed by atoms with E-state index in [0.717, 1.165) is 18.1 Å². The van der Waals surface area contributed by atoms with E-state index in [-0.39, 0.29) is 12.1 Å². The predicted octanol–water partition coefficient (Wildman–Crippen LogP) is 2.09. The Balaban J connectivity index is 2.40. The van der Waals surface area contributed by atoms with Crippen molar-refractivity contribution in [1.29, 1.82) is 0 Å². The van der Waals surface area contributed by atoms with E-state index in [1.165, 1.54) is 0 Å². The lowest BCUT2D eigenvalue weighted by molar-refractivity contribution is 0.238. The van der Waals surface area contributed by atoms with Gasteiger partial charge < -0.3 is 15.2 Å². The van der Waals surface area contributed by atoms with Gasteiger partial charge in [0.2, 0.25) is 0 Å². The van der Waals surface area contributed by atoms with Crippen LogP contribution in [0.15, 0.2) is 12.4 Å². The van der Waals surface area contributed by atoms with E-state index in [1.807, 2.05) is 19.4 Å². The molecule has 2 N–H and O–H groups in total. The molecule has 0 saturated heterocycles. The minimum atomic E-state index is -0.138. The number of hydrogen-bond donors (Lipinski definition) is 2. The van der Waals surface area contributed by atoms with Crippen LogP contribution in [0, 0.1) is 5.92 Å². The first kappa shape index (κ1) is 15.9. The number of urea groups is 1. The highest BCUT2D eigenvalue weighted by atomic mass is 32.2. The summed E-state index contributed by atoms with van der Waals surface area (Å²) >= 11 is 1.72. The fraction of sp³-hybridized carbons (Fsp3) is 0.692. The van der Waals surface area contributed by atoms with Crippen LogP contribution in [0.1, 0.15) is 26.6 Å². The molecular formula is C13H24N4OS. The lowest BCUT2D eigenvalue weighted by Crippen LogP contribution is -2.41. The van der Waals surface area contributed by atoms with E-state index in [2.05, 4.69) is 34.0 Å². The number of nitrogens with one attached hydrogen (secondary N) is 2. The highest BCUT2D eigenvalue weighted by Crippen LogP contribution is 2.03. The van der Waals surface area contributed by atoms with E-state index in [9.17, 15) is 4.79 Å². The Bertz CT molecular complexity index is 392. The summed E-state index contributed by atoms with van der Waals surface area (Å²) in [4.78, 5) is 16.0. The number of carbonyl (C=O) groups is 1. The third-order valence-corrected chi connectivity index (χ3v) is 3.40. The van der Waals surface area contributed by atoms with Crippen LogP contribution >= 0.6 is 11.8 Å². The number of aromatic nitrogens is 2. The number of carbonyl (C=O) groups excluding carboxylic acids is 1. The molecule has 0 fully saturated rings. The number of hydrogen-bond acceptors (Lipinski definition) is 3. The summed E-state index contributed by atoms with van der Waals surface area (Å²) in [6.45, 7) is 7.69. The smallest absolute Gasteiger partial charge is 0.315 e. The molecule has 108 valence electrons. The summed E-state index contributed by atoms with van der Waals surface area (Å²) in [5.41, 5.74) is 0. The minimum Gasteiger partial charge on any atom is -0.335 e. The van der Waals surface area contributed by atoms with Gasteiger partial charge in [0.1, 0.15) is 5.82 Å². The molecule has 1 aromatic heterocycles. The summed E-state index contributed by atoms with van der Waals surface area (Å²) in [5.74, 6) is 2.36. The number of imidazole rings is 1. The summed E-state index contributed by atoms with van der Waals surface area (Å²) in [6.07, 6.45) is 5.75. The molecule has 0 saturated carbocycles. The van der Waals surface area contributed by atoms with E-state index in [4.69, 9.17) is 0 Å². The second kappa shape index (κ2) is 8.09. The van der Waals surface area contributed by atoms with Crippen LogP contribution in [-0.4, -0.2) is 33.6 Å². The average Bonchev–Trinajstić information content (AvgIpc) is 2.73. The van der Waals surface area contributed by atoms with Gasteiger partial charge in [-0.05, 0) is 19.1 Å². The monoisotopic (exact) mass is 284 g/mol. The second-order valence-electron chi connectivity index (χ2n) is 5.07. The van der Waals surface area contributed by atoms with Gasteiger partial charge in [0.15, 0.2) is 0 Å². The SMILES string of the molecule is CSC[C@H](C)NC(=O)NCc1nccn1CC(C)C. The van der Waals surface area contributed by atoms with Crippen LogP contribution in [-0.2, 0) is 13.1 Å². The Morgan fingerprint density at radius 1 is 1.47 bits per heavy atom. The molecule has 19 heavy (non-hydrogen) atoms. The number of nitrogens with zero attached hydrogens (tertiary/aromatic N) is 2. The quantitative estimate of drug-likeness (QED) is 0.806. The minimum absolute atomic E-state index is 0.138. The Morgan fingerprint density at radius 3 is 2.84 bits per heavy atom. The van der Waals surface area contributed by atoms with Crippen molar-refractivity contribution in [2.75, 3.05) is 12.0 Å². The van der Waals surface area contributed by atoms with Crippen molar-refractivity contribution in [3.8, 4) is 0 Å². The molecule has 1 atom stereocenters. The predicted molar refractivity (Wildman–Crippen MR) is 80.3 cm³/mol. The molecule has 0 spiro atoms. The molecule has 1 rings (SSSR count). The first-order valence-corrected chi connectivity index (χ1v) is 7.95. The standard InChI is InChI=1S/C13H24N4OS/c1-10(2)8-17-6-5-14-12(17)7-15-13(18)16-11(3)9-19-4/h5-6,10-11H,7-9H2,1-4H3,(H2,15,16,18)/t11-/m0/s1. The van der Waals surface area contributed by atoms with Gasteiger partial charge in [-0.2, -0.15) is 11.8 Å². The highest BCUT2D eigenvalue weighted by molar-refractivity contribution is 7.98. The fourth-order valence-corrected chi connectivity index (χ4v) is 2.38. The van der Waals surface area contributed by atoms with Crippen LogP contribution in [0.25, 0.3) is 0 Å². The summed E-state index contributed by atoms with van der Waals surface area (Å²) in [5, 5.41) is 5.74. The maximum Gasteiger partial charge on any atom is 0.315 e. The zero-order chi connectivity index (χ0) is 14.3. The maximum absolute atomic E-state index is 11.7. The molecule has 0 aromatic carbocycles. The maximum atomic E-state index is 11.7. The molecule has 0 aliphatic carbocycles. The Hall–Kier alpha value is -1.17. The van der Waals surface area contributed by atoms with Crippen LogP contribution in [0.3, 0.4) is 0 Å². The van der Waals surface area contributed by atoms with Crippen molar-refractivity contribution in [3.05, 3.63) is 18.2 Å². The van der Waals surface area contributed by atoms with E-state index in [1.54, 1.807) is 18.0 Å². The molecule has 6 heteroatoms. The molecular weight excluding hydrogens is 260 g/mol. The first-order chi connectivity index (χ1) is 9.02. The Kier molecular flexibility index (Phi) is 6.77.